The molecule has 2 aromatic rings. The Morgan fingerprint density at radius 3 is 2.67 bits per heavy atom. The van der Waals surface area contributed by atoms with Crippen LogP contribution in [0.15, 0.2) is 46.9 Å². The molecule has 4 heteroatoms. The van der Waals surface area contributed by atoms with Crippen LogP contribution < -0.4 is 5.32 Å². The van der Waals surface area contributed by atoms with Crippen LogP contribution in [-0.2, 0) is 6.42 Å². The molecule has 112 valence electrons. The van der Waals surface area contributed by atoms with Crippen LogP contribution in [0.2, 0.25) is 5.02 Å². The average Bonchev–Trinajstić information content (AvgIpc) is 2.48. The molecule has 0 saturated carbocycles. The number of rotatable bonds is 6. The fourth-order valence-electron chi connectivity index (χ4n) is 2.39. The molecule has 0 radical (unpaired) electrons. The van der Waals surface area contributed by atoms with E-state index >= 15 is 0 Å². The Morgan fingerprint density at radius 2 is 1.95 bits per heavy atom. The minimum absolute atomic E-state index is 0.205. The molecule has 21 heavy (non-hydrogen) atoms. The van der Waals surface area contributed by atoms with E-state index in [1.165, 1.54) is 6.07 Å². The van der Waals surface area contributed by atoms with Gasteiger partial charge in [-0.15, -0.1) is 0 Å². The van der Waals surface area contributed by atoms with Gasteiger partial charge in [0.1, 0.15) is 5.82 Å². The molecule has 0 aliphatic carbocycles. The minimum atomic E-state index is -0.228. The van der Waals surface area contributed by atoms with Gasteiger partial charge in [0.15, 0.2) is 0 Å². The summed E-state index contributed by atoms with van der Waals surface area (Å²) in [5, 5.41) is 4.12. The highest BCUT2D eigenvalue weighted by Gasteiger charge is 2.17. The Hall–Kier alpha value is -0.900. The van der Waals surface area contributed by atoms with Gasteiger partial charge >= 0.3 is 0 Å². The molecule has 0 aromatic heterocycles. The van der Waals surface area contributed by atoms with E-state index in [0.29, 0.717) is 4.47 Å². The second-order valence-corrected chi connectivity index (χ2v) is 6.14. The van der Waals surface area contributed by atoms with Gasteiger partial charge in [0.25, 0.3) is 0 Å². The fraction of sp³-hybridized carbons (Fsp3) is 0.294. The van der Waals surface area contributed by atoms with Crippen LogP contribution in [0.25, 0.3) is 0 Å². The minimum Gasteiger partial charge on any atom is -0.316 e. The smallest absolute Gasteiger partial charge is 0.137 e. The second kappa shape index (κ2) is 7.92. The maximum Gasteiger partial charge on any atom is 0.137 e. The molecule has 1 atom stereocenters. The summed E-state index contributed by atoms with van der Waals surface area (Å²) >= 11 is 9.66. The van der Waals surface area contributed by atoms with Crippen LogP contribution in [0.3, 0.4) is 0 Å². The molecule has 0 spiro atoms. The first-order valence-electron chi connectivity index (χ1n) is 7.01. The summed E-state index contributed by atoms with van der Waals surface area (Å²) < 4.78 is 14.2. The lowest BCUT2D eigenvalue weighted by molar-refractivity contribution is 0.585. The Bertz CT molecular complexity index is 603. The first-order valence-corrected chi connectivity index (χ1v) is 8.18. The number of nitrogens with one attached hydrogen (secondary N) is 1. The summed E-state index contributed by atoms with van der Waals surface area (Å²) in [5.41, 5.74) is 2.05. The summed E-state index contributed by atoms with van der Waals surface area (Å²) in [6.45, 7) is 3.77. The zero-order valence-electron chi connectivity index (χ0n) is 11.9. The molecular weight excluding hydrogens is 353 g/mol. The lowest BCUT2D eigenvalue weighted by Crippen LogP contribution is -2.23. The number of halogens is 3. The summed E-state index contributed by atoms with van der Waals surface area (Å²) in [6, 6.07) is 13.0. The third-order valence-electron chi connectivity index (χ3n) is 3.48. The third-order valence-corrected chi connectivity index (χ3v) is 4.72. The molecule has 0 heterocycles. The molecule has 0 aliphatic heterocycles. The summed E-state index contributed by atoms with van der Waals surface area (Å²) in [5.74, 6) is -0.0226. The highest BCUT2D eigenvalue weighted by molar-refractivity contribution is 9.10. The zero-order valence-corrected chi connectivity index (χ0v) is 14.2. The summed E-state index contributed by atoms with van der Waals surface area (Å²) in [4.78, 5) is 0. The van der Waals surface area contributed by atoms with E-state index in [1.54, 1.807) is 6.07 Å². The topological polar surface area (TPSA) is 12.0 Å². The first-order chi connectivity index (χ1) is 10.1. The molecular formula is C17H18BrClFN. The van der Waals surface area contributed by atoms with Gasteiger partial charge in [0, 0.05) is 17.5 Å². The van der Waals surface area contributed by atoms with Crippen LogP contribution in [0.5, 0.6) is 0 Å². The van der Waals surface area contributed by atoms with Crippen LogP contribution in [0, 0.1) is 5.82 Å². The molecule has 1 N–H and O–H groups in total. The van der Waals surface area contributed by atoms with E-state index in [-0.39, 0.29) is 11.7 Å². The molecule has 0 aliphatic rings. The van der Waals surface area contributed by atoms with Crippen molar-refractivity contribution in [3.63, 3.8) is 0 Å². The lowest BCUT2D eigenvalue weighted by atomic mass is 9.91. The molecule has 1 unspecified atom stereocenters. The summed E-state index contributed by atoms with van der Waals surface area (Å²) in [6.07, 6.45) is 0.731. The van der Waals surface area contributed by atoms with Crippen molar-refractivity contribution in [3.05, 3.63) is 68.9 Å². The SMILES string of the molecule is CCNCC(Cc1cccc(F)c1Br)c1ccccc1Cl. The largest absolute Gasteiger partial charge is 0.316 e. The van der Waals surface area contributed by atoms with E-state index < -0.39 is 0 Å². The van der Waals surface area contributed by atoms with Crippen LogP contribution in [0.4, 0.5) is 4.39 Å². The van der Waals surface area contributed by atoms with Gasteiger partial charge in [-0.2, -0.15) is 0 Å². The van der Waals surface area contributed by atoms with Crippen molar-refractivity contribution in [3.8, 4) is 0 Å². The number of likely N-dealkylation sites (N-methyl/N-ethyl adjacent to an activating group) is 1. The fourth-order valence-corrected chi connectivity index (χ4v) is 3.10. The van der Waals surface area contributed by atoms with Gasteiger partial charge in [-0.3, -0.25) is 0 Å². The van der Waals surface area contributed by atoms with Crippen LogP contribution in [0.1, 0.15) is 24.0 Å². The Morgan fingerprint density at radius 1 is 1.19 bits per heavy atom. The van der Waals surface area contributed by atoms with Crippen molar-refractivity contribution < 1.29 is 4.39 Å². The van der Waals surface area contributed by atoms with Crippen molar-refractivity contribution in [1.82, 2.24) is 5.32 Å². The van der Waals surface area contributed by atoms with Gasteiger partial charge < -0.3 is 5.32 Å². The number of hydrogen-bond acceptors (Lipinski definition) is 1. The second-order valence-electron chi connectivity index (χ2n) is 4.94. The number of benzene rings is 2. The van der Waals surface area contributed by atoms with Gasteiger partial charge in [-0.05, 0) is 52.2 Å². The monoisotopic (exact) mass is 369 g/mol. The first kappa shape index (κ1) is 16.5. The van der Waals surface area contributed by atoms with E-state index in [4.69, 9.17) is 11.6 Å². The molecule has 2 rings (SSSR count). The van der Waals surface area contributed by atoms with Gasteiger partial charge in [0.05, 0.1) is 4.47 Å². The predicted octanol–water partition coefficient (Wildman–Crippen LogP) is 5.18. The van der Waals surface area contributed by atoms with Gasteiger partial charge in [-0.1, -0.05) is 48.9 Å². The average molecular weight is 371 g/mol. The molecule has 0 saturated heterocycles. The highest BCUT2D eigenvalue weighted by atomic mass is 79.9. The summed E-state index contributed by atoms with van der Waals surface area (Å²) in [7, 11) is 0. The Kier molecular flexibility index (Phi) is 6.22. The maximum atomic E-state index is 13.7. The predicted molar refractivity (Wildman–Crippen MR) is 90.5 cm³/mol. The van der Waals surface area contributed by atoms with E-state index in [0.717, 1.165) is 35.7 Å². The highest BCUT2D eigenvalue weighted by Crippen LogP contribution is 2.30. The van der Waals surface area contributed by atoms with Crippen molar-refractivity contribution in [1.29, 1.82) is 0 Å². The van der Waals surface area contributed by atoms with Crippen LogP contribution >= 0.6 is 27.5 Å². The van der Waals surface area contributed by atoms with Crippen molar-refractivity contribution in [2.45, 2.75) is 19.3 Å². The standard InChI is InChI=1S/C17H18BrClFN/c1-2-21-11-13(14-7-3-4-8-15(14)19)10-12-6-5-9-16(20)17(12)18/h3-9,13,21H,2,10-11H2,1H3. The van der Waals surface area contributed by atoms with Crippen molar-refractivity contribution in [2.75, 3.05) is 13.1 Å². The van der Waals surface area contributed by atoms with Crippen molar-refractivity contribution in [2.24, 2.45) is 0 Å². The maximum absolute atomic E-state index is 13.7. The lowest BCUT2D eigenvalue weighted by Gasteiger charge is -2.20. The third kappa shape index (κ3) is 4.29. The molecule has 1 nitrogen and oxygen atoms in total. The Labute approximate surface area is 138 Å². The quantitative estimate of drug-likeness (QED) is 0.739. The molecule has 0 amide bonds. The van der Waals surface area contributed by atoms with Crippen molar-refractivity contribution >= 4 is 27.5 Å². The van der Waals surface area contributed by atoms with Gasteiger partial charge in [0.2, 0.25) is 0 Å². The normalized spacial score (nSPS) is 12.4. The van der Waals surface area contributed by atoms with Crippen LogP contribution in [-0.4, -0.2) is 13.1 Å². The van der Waals surface area contributed by atoms with E-state index in [2.05, 4.69) is 28.2 Å². The molecule has 2 aromatic carbocycles. The van der Waals surface area contributed by atoms with E-state index in [9.17, 15) is 4.39 Å². The Balaban J connectivity index is 2.28. The van der Waals surface area contributed by atoms with Gasteiger partial charge in [-0.25, -0.2) is 4.39 Å². The molecule has 0 bridgehead atoms. The molecule has 0 fully saturated rings. The number of hydrogen-bond donors (Lipinski definition) is 1. The zero-order chi connectivity index (χ0) is 15.2. The van der Waals surface area contributed by atoms with E-state index in [1.807, 2.05) is 30.3 Å².